The molecule has 3 rings (SSSR count). The molecule has 0 radical (unpaired) electrons. The van der Waals surface area contributed by atoms with Crippen LogP contribution < -0.4 is 5.63 Å². The first-order valence-electron chi connectivity index (χ1n) is 5.99. The Morgan fingerprint density at radius 1 is 1.29 bits per heavy atom. The molecule has 1 aliphatic rings. The van der Waals surface area contributed by atoms with Crippen LogP contribution in [-0.4, -0.2) is 19.8 Å². The quantitative estimate of drug-likeness (QED) is 0.700. The lowest BCUT2D eigenvalue weighted by Crippen LogP contribution is -2.35. The van der Waals surface area contributed by atoms with Gasteiger partial charge in [-0.3, -0.25) is 0 Å². The minimum atomic E-state index is -4.93. The van der Waals surface area contributed by atoms with Crippen LogP contribution in [0.3, 0.4) is 0 Å². The van der Waals surface area contributed by atoms with E-state index in [1.54, 1.807) is 13.0 Å². The van der Waals surface area contributed by atoms with Crippen molar-refractivity contribution in [1.82, 2.24) is 0 Å². The second-order valence-corrected chi connectivity index (χ2v) is 7.04. The van der Waals surface area contributed by atoms with Gasteiger partial charge in [-0.2, -0.15) is 13.2 Å². The highest BCUT2D eigenvalue weighted by Gasteiger charge is 2.55. The molecule has 0 saturated heterocycles. The van der Waals surface area contributed by atoms with Crippen LogP contribution in [0.4, 0.5) is 13.2 Å². The Hall–Kier alpha value is -1.83. The van der Waals surface area contributed by atoms with Crippen LogP contribution >= 0.6 is 0 Å². The van der Waals surface area contributed by atoms with E-state index in [2.05, 4.69) is 0 Å². The van der Waals surface area contributed by atoms with Crippen molar-refractivity contribution >= 4 is 20.8 Å². The van der Waals surface area contributed by atoms with Crippen molar-refractivity contribution in [2.24, 2.45) is 0 Å². The zero-order valence-electron chi connectivity index (χ0n) is 10.7. The van der Waals surface area contributed by atoms with Gasteiger partial charge in [-0.15, -0.1) is 0 Å². The van der Waals surface area contributed by atoms with Gasteiger partial charge < -0.3 is 4.42 Å². The molecule has 1 atom stereocenters. The van der Waals surface area contributed by atoms with Crippen molar-refractivity contribution in [2.45, 2.75) is 29.7 Å². The molecule has 0 N–H and O–H groups in total. The summed E-state index contributed by atoms with van der Waals surface area (Å²) in [7, 11) is -4.77. The maximum absolute atomic E-state index is 12.9. The fourth-order valence-corrected chi connectivity index (χ4v) is 4.41. The van der Waals surface area contributed by atoms with E-state index in [0.29, 0.717) is 0 Å². The molecule has 2 aromatic rings. The van der Waals surface area contributed by atoms with E-state index < -0.39 is 38.2 Å². The summed E-state index contributed by atoms with van der Waals surface area (Å²) < 4.78 is 67.6. The maximum Gasteiger partial charge on any atom is 0.406 e. The van der Waals surface area contributed by atoms with Gasteiger partial charge in [0.2, 0.25) is 0 Å². The van der Waals surface area contributed by atoms with Gasteiger partial charge in [-0.05, 0) is 24.6 Å². The second kappa shape index (κ2) is 4.09. The zero-order chi connectivity index (χ0) is 15.6. The molecule has 21 heavy (non-hydrogen) atoms. The first kappa shape index (κ1) is 14.1. The number of fused-ring (bicyclic) bond motifs is 3. The van der Waals surface area contributed by atoms with E-state index >= 15 is 0 Å². The van der Waals surface area contributed by atoms with Crippen molar-refractivity contribution in [1.29, 1.82) is 0 Å². The summed E-state index contributed by atoms with van der Waals surface area (Å²) >= 11 is 0. The van der Waals surface area contributed by atoms with Crippen LogP contribution in [0.1, 0.15) is 11.1 Å². The predicted octanol–water partition coefficient (Wildman–Crippen LogP) is 2.36. The minimum absolute atomic E-state index is 0.0855. The second-order valence-electron chi connectivity index (χ2n) is 4.98. The number of sulfone groups is 1. The van der Waals surface area contributed by atoms with Crippen LogP contribution in [0.2, 0.25) is 0 Å². The highest BCUT2D eigenvalue weighted by Crippen LogP contribution is 2.41. The fraction of sp³-hybridized carbons (Fsp3) is 0.308. The van der Waals surface area contributed by atoms with Crippen molar-refractivity contribution in [3.63, 3.8) is 0 Å². The molecule has 1 aromatic heterocycles. The van der Waals surface area contributed by atoms with Crippen molar-refractivity contribution < 1.29 is 26.0 Å². The third kappa shape index (κ3) is 1.97. The standard InChI is InChI=1S/C13H9F3O4S/c1-6-2-3-9-7(4-6)8-5-10(13(14,15)16)21(18,19)11(8)12(17)20-9/h2-4,10H,5H2,1H3. The molecule has 2 heterocycles. The Bertz CT molecular complexity index is 909. The molecule has 1 aliphatic heterocycles. The average molecular weight is 318 g/mol. The highest BCUT2D eigenvalue weighted by molar-refractivity contribution is 7.92. The Morgan fingerprint density at radius 2 is 1.95 bits per heavy atom. The molecular formula is C13H9F3O4S. The number of benzene rings is 1. The third-order valence-corrected chi connectivity index (χ3v) is 5.70. The Kier molecular flexibility index (Phi) is 2.75. The van der Waals surface area contributed by atoms with Crippen molar-refractivity contribution in [2.75, 3.05) is 0 Å². The summed E-state index contributed by atoms with van der Waals surface area (Å²) in [5, 5.41) is -2.35. The maximum atomic E-state index is 12.9. The van der Waals surface area contributed by atoms with E-state index in [1.165, 1.54) is 12.1 Å². The topological polar surface area (TPSA) is 64.3 Å². The van der Waals surface area contributed by atoms with Crippen LogP contribution in [0.15, 0.2) is 32.3 Å². The summed E-state index contributed by atoms with van der Waals surface area (Å²) in [5.41, 5.74) is -0.533. The van der Waals surface area contributed by atoms with E-state index in [4.69, 9.17) is 4.42 Å². The lowest BCUT2D eigenvalue weighted by Gasteiger charge is -2.12. The number of hydrogen-bond donors (Lipinski definition) is 0. The van der Waals surface area contributed by atoms with Gasteiger partial charge in [0.1, 0.15) is 5.58 Å². The first-order valence-corrected chi connectivity index (χ1v) is 7.54. The lowest BCUT2D eigenvalue weighted by atomic mass is 10.0. The van der Waals surface area contributed by atoms with E-state index in [-0.39, 0.29) is 16.5 Å². The van der Waals surface area contributed by atoms with Gasteiger partial charge in [0, 0.05) is 11.8 Å². The molecule has 8 heteroatoms. The van der Waals surface area contributed by atoms with Crippen LogP contribution in [-0.2, 0) is 16.3 Å². The third-order valence-electron chi connectivity index (χ3n) is 3.54. The normalized spacial score (nSPS) is 20.7. The summed E-state index contributed by atoms with van der Waals surface area (Å²) in [6.45, 7) is 1.71. The molecule has 112 valence electrons. The molecule has 0 fully saturated rings. The van der Waals surface area contributed by atoms with Crippen LogP contribution in [0.5, 0.6) is 0 Å². The average Bonchev–Trinajstić information content (AvgIpc) is 2.63. The van der Waals surface area contributed by atoms with Gasteiger partial charge in [-0.1, -0.05) is 11.6 Å². The van der Waals surface area contributed by atoms with Gasteiger partial charge in [0.15, 0.2) is 20.0 Å². The smallest absolute Gasteiger partial charge is 0.406 e. The first-order chi connectivity index (χ1) is 9.62. The van der Waals surface area contributed by atoms with E-state index in [9.17, 15) is 26.4 Å². The van der Waals surface area contributed by atoms with Gasteiger partial charge >= 0.3 is 11.8 Å². The molecule has 1 aromatic carbocycles. The monoisotopic (exact) mass is 318 g/mol. The number of alkyl halides is 3. The molecule has 1 unspecified atom stereocenters. The summed E-state index contributed by atoms with van der Waals surface area (Å²) in [4.78, 5) is 10.9. The number of hydrogen-bond acceptors (Lipinski definition) is 4. The predicted molar refractivity (Wildman–Crippen MR) is 68.0 cm³/mol. The number of halogens is 3. The molecule has 4 nitrogen and oxygen atoms in total. The minimum Gasteiger partial charge on any atom is -0.422 e. The highest BCUT2D eigenvalue weighted by atomic mass is 32.2. The Labute approximate surface area is 117 Å². The Morgan fingerprint density at radius 3 is 2.57 bits per heavy atom. The summed E-state index contributed by atoms with van der Waals surface area (Å²) in [5.74, 6) is 0. The molecule has 0 bridgehead atoms. The van der Waals surface area contributed by atoms with Crippen molar-refractivity contribution in [3.8, 4) is 0 Å². The summed E-state index contributed by atoms with van der Waals surface area (Å²) in [6.07, 6.45) is -5.69. The SMILES string of the molecule is Cc1ccc2oc(=O)c3c(c2c1)CC(C(F)(F)F)S3(=O)=O. The summed E-state index contributed by atoms with van der Waals surface area (Å²) in [6, 6.07) is 4.59. The number of rotatable bonds is 0. The lowest BCUT2D eigenvalue weighted by molar-refractivity contribution is -0.129. The molecule has 0 aliphatic carbocycles. The Balaban J connectivity index is 2.42. The molecule has 0 spiro atoms. The number of aryl methyl sites for hydroxylation is 1. The van der Waals surface area contributed by atoms with Crippen LogP contribution in [0.25, 0.3) is 11.0 Å². The molecule has 0 saturated carbocycles. The van der Waals surface area contributed by atoms with E-state index in [1.807, 2.05) is 0 Å². The fourth-order valence-electron chi connectivity index (χ4n) is 2.58. The largest absolute Gasteiger partial charge is 0.422 e. The van der Waals surface area contributed by atoms with Gasteiger partial charge in [0.25, 0.3) is 0 Å². The van der Waals surface area contributed by atoms with Gasteiger partial charge in [0.05, 0.1) is 0 Å². The van der Waals surface area contributed by atoms with Crippen molar-refractivity contribution in [3.05, 3.63) is 39.7 Å². The molecule has 0 amide bonds. The van der Waals surface area contributed by atoms with Crippen LogP contribution in [0, 0.1) is 6.92 Å². The zero-order valence-corrected chi connectivity index (χ0v) is 11.5. The van der Waals surface area contributed by atoms with Gasteiger partial charge in [-0.25, -0.2) is 13.2 Å². The molecular weight excluding hydrogens is 309 g/mol. The van der Waals surface area contributed by atoms with E-state index in [0.717, 1.165) is 5.56 Å².